The molecule has 46 nitrogen and oxygen atoms in total. The van der Waals surface area contributed by atoms with Gasteiger partial charge < -0.3 is 205 Å². The maximum Gasteiger partial charge on any atom is 0.217 e. The van der Waals surface area contributed by atoms with Crippen LogP contribution in [0.3, 0.4) is 0 Å². The standard InChI is InChI=1S/C58H97N5O41/c1-14(70)59-27-40(83)46(22(9-67)92-51(27)89)100-55-31(63-18(5)74)41(84)47(23(10-68)96-55)102-57-45(88)49(103-56-44(87)43(86)48(24(11-69)97-56)101-53-29(61-16(3)72)38(81)33(76)20(7-65)94-53)36(79)26(98-57)13-91-58-50(104-54-30(62-17(4)73)39(82)34(77)21(8-66)95-54)42(85)35(78)25(99-58)12-90-52-28(60-15(2)71)37(80)32(75)19(6-64)93-52/h19-58,64-69,75-89H,6-13H2,1-5H3,(H,59,70)(H,60,71)(H,61,72)(H,62,73)(H,63,74)/t19-,20-,21-,22-,23-,24-,25-,26-,27-,28-,29-,30-,31-,32-,33-,34-,35-,36-,37-,38-,39-,40-,41-,42+,43-,44+,45+,46-,47-,48-,49+,50+,51?,52-,53+,54+,55+,56-,57+,58+/m1/s1. The average molecular weight is 1520 g/mol. The van der Waals surface area contributed by atoms with Gasteiger partial charge in [-0.05, 0) is 0 Å². The number of ether oxygens (including phenoxy) is 15. The molecule has 0 radical (unpaired) electrons. The maximum atomic E-state index is 12.9. The molecule has 26 N–H and O–H groups in total. The van der Waals surface area contributed by atoms with Gasteiger partial charge in [0, 0.05) is 34.6 Å². The fourth-order valence-electron chi connectivity index (χ4n) is 13.3. The van der Waals surface area contributed by atoms with Gasteiger partial charge in [-0.3, -0.25) is 24.0 Å². The van der Waals surface area contributed by atoms with Crippen LogP contribution in [0.4, 0.5) is 0 Å². The Hall–Kier alpha value is -4.09. The summed E-state index contributed by atoms with van der Waals surface area (Å²) in [6.45, 7) is -3.24. The summed E-state index contributed by atoms with van der Waals surface area (Å²) in [5.41, 5.74) is 0. The van der Waals surface area contributed by atoms with Crippen molar-refractivity contribution in [1.82, 2.24) is 26.6 Å². The normalized spacial score (nSPS) is 47.2. The Bertz CT molecular complexity index is 2760. The van der Waals surface area contributed by atoms with E-state index >= 15 is 0 Å². The molecule has 0 aromatic rings. The summed E-state index contributed by atoms with van der Waals surface area (Å²) in [5, 5.41) is 245. The van der Waals surface area contributed by atoms with E-state index in [-0.39, 0.29) is 0 Å². The van der Waals surface area contributed by atoms with Gasteiger partial charge in [-0.1, -0.05) is 0 Å². The first-order valence-corrected chi connectivity index (χ1v) is 33.1. The molecule has 0 aliphatic carbocycles. The van der Waals surface area contributed by atoms with Gasteiger partial charge in [0.05, 0.1) is 52.9 Å². The Morgan fingerprint density at radius 1 is 0.250 bits per heavy atom. The number of aliphatic hydroxyl groups is 21. The number of amides is 5. The number of carbonyl (C=O) groups excluding carboxylic acids is 5. The first-order valence-electron chi connectivity index (χ1n) is 33.1. The Kier molecular flexibility index (Phi) is 30.9. The molecule has 8 heterocycles. The van der Waals surface area contributed by atoms with Gasteiger partial charge >= 0.3 is 0 Å². The van der Waals surface area contributed by atoms with Gasteiger partial charge in [-0.2, -0.15) is 0 Å². The first kappa shape index (κ1) is 85.5. The Balaban J connectivity index is 1.14. The van der Waals surface area contributed by atoms with Crippen LogP contribution >= 0.6 is 0 Å². The fraction of sp³-hybridized carbons (Fsp3) is 0.914. The van der Waals surface area contributed by atoms with Gasteiger partial charge in [0.25, 0.3) is 0 Å². The molecule has 8 rings (SSSR count). The van der Waals surface area contributed by atoms with Crippen LogP contribution in [0, 0.1) is 0 Å². The van der Waals surface area contributed by atoms with E-state index in [1.807, 2.05) is 0 Å². The van der Waals surface area contributed by atoms with Crippen LogP contribution in [0.15, 0.2) is 0 Å². The van der Waals surface area contributed by atoms with Gasteiger partial charge in [-0.15, -0.1) is 0 Å². The molecule has 1 unspecified atom stereocenters. The zero-order chi connectivity index (χ0) is 76.8. The van der Waals surface area contributed by atoms with Gasteiger partial charge in [0.1, 0.15) is 195 Å². The summed E-state index contributed by atoms with van der Waals surface area (Å²) in [4.78, 5) is 62.1. The zero-order valence-corrected chi connectivity index (χ0v) is 56.3. The maximum absolute atomic E-state index is 12.9. The summed E-state index contributed by atoms with van der Waals surface area (Å²) in [7, 11) is 0. The van der Waals surface area contributed by atoms with E-state index in [1.54, 1.807) is 0 Å². The van der Waals surface area contributed by atoms with Crippen LogP contribution in [0.5, 0.6) is 0 Å². The summed E-state index contributed by atoms with van der Waals surface area (Å²) in [6, 6.07) is -8.53. The van der Waals surface area contributed by atoms with Crippen LogP contribution in [0.25, 0.3) is 0 Å². The van der Waals surface area contributed by atoms with E-state index < -0.39 is 328 Å². The van der Waals surface area contributed by atoms with Gasteiger partial charge in [0.15, 0.2) is 50.3 Å². The molecule has 5 amide bonds. The second kappa shape index (κ2) is 37.5. The highest BCUT2D eigenvalue weighted by Gasteiger charge is 2.60. The highest BCUT2D eigenvalue weighted by Crippen LogP contribution is 2.38. The number of hydrogen-bond donors (Lipinski definition) is 26. The molecule has 8 aliphatic heterocycles. The van der Waals surface area contributed by atoms with Crippen molar-refractivity contribution < 1.29 is 202 Å². The number of hydrogen-bond acceptors (Lipinski definition) is 41. The molecule has 0 aromatic heterocycles. The summed E-state index contributed by atoms with van der Waals surface area (Å²) < 4.78 is 88.8. The second-order valence-electron chi connectivity index (χ2n) is 26.1. The van der Waals surface area contributed by atoms with Crippen molar-refractivity contribution in [3.63, 3.8) is 0 Å². The van der Waals surface area contributed by atoms with E-state index in [1.165, 1.54) is 0 Å². The lowest BCUT2D eigenvalue weighted by Crippen LogP contribution is -2.70. The number of carbonyl (C=O) groups is 5. The molecular weight excluding hydrogens is 1420 g/mol. The largest absolute Gasteiger partial charge is 0.394 e. The summed E-state index contributed by atoms with van der Waals surface area (Å²) in [6.07, 6.45) is -70.7. The third-order valence-electron chi connectivity index (χ3n) is 18.6. The van der Waals surface area contributed by atoms with Crippen LogP contribution in [-0.2, 0) is 95.0 Å². The predicted molar refractivity (Wildman–Crippen MR) is 322 cm³/mol. The number of aliphatic hydroxyl groups excluding tert-OH is 21. The number of rotatable bonds is 27. The van der Waals surface area contributed by atoms with Gasteiger partial charge in [-0.25, -0.2) is 0 Å². The monoisotopic (exact) mass is 1520 g/mol. The SMILES string of the molecule is CC(=O)N[C@H]1[C@H](O[C@H]2[C@H](O)[C@@H](NC(C)=O)C(O)O[C@@H]2CO)O[C@H](CO)[C@@H](O[C@@H]2O[C@H](CO[C@H]3O[C@H](CO[C@@H]4O[C@H](CO)[C@@H](O)[C@H](O)[C@H]4NC(C)=O)[C@@H](O)[C@H](O)[C@@H]3O[C@@H]3O[C@H](CO)[C@@H](O)[C@H](O)[C@H]3NC(C)=O)[C@@H](O)[C@H](O[C@H]3O[C@H](CO)[C@@H](O[C@@H]4O[C@H](CO)[C@@H](O)[C@H](O)[C@H]4NC(C)=O)[C@H](O)[C@@H]3O)[C@@H]2O)[C@@H]1O. The molecule has 46 heteroatoms. The predicted octanol–water partition coefficient (Wildman–Crippen LogP) is -17.7. The minimum absolute atomic E-state index is 0.771. The van der Waals surface area contributed by atoms with E-state index in [9.17, 15) is 131 Å². The molecule has 0 aromatic carbocycles. The number of nitrogens with one attached hydrogen (secondary N) is 5. The van der Waals surface area contributed by atoms with E-state index in [4.69, 9.17) is 71.1 Å². The molecule has 0 bridgehead atoms. The summed E-state index contributed by atoms with van der Waals surface area (Å²) >= 11 is 0. The Labute approximate surface area is 589 Å². The smallest absolute Gasteiger partial charge is 0.217 e. The van der Waals surface area contributed by atoms with E-state index in [0.29, 0.717) is 0 Å². The van der Waals surface area contributed by atoms with Crippen molar-refractivity contribution in [2.75, 3.05) is 52.9 Å². The molecule has 0 spiro atoms. The van der Waals surface area contributed by atoms with Crippen molar-refractivity contribution in [2.45, 2.75) is 280 Å². The minimum atomic E-state index is -2.49. The lowest BCUT2D eigenvalue weighted by molar-refractivity contribution is -0.392. The highest BCUT2D eigenvalue weighted by molar-refractivity contribution is 5.75. The topological polar surface area (TPSA) is 709 Å². The van der Waals surface area contributed by atoms with Crippen molar-refractivity contribution in [3.05, 3.63) is 0 Å². The Morgan fingerprint density at radius 2 is 0.519 bits per heavy atom. The van der Waals surface area contributed by atoms with Crippen LogP contribution in [0.1, 0.15) is 34.6 Å². The van der Waals surface area contributed by atoms with Crippen molar-refractivity contribution in [3.8, 4) is 0 Å². The van der Waals surface area contributed by atoms with Gasteiger partial charge in [0.2, 0.25) is 29.5 Å². The third kappa shape index (κ3) is 19.4. The van der Waals surface area contributed by atoms with Crippen LogP contribution < -0.4 is 26.6 Å². The highest BCUT2D eigenvalue weighted by atomic mass is 16.8. The quantitative estimate of drug-likeness (QED) is 0.0363. The van der Waals surface area contributed by atoms with Crippen molar-refractivity contribution in [2.24, 2.45) is 0 Å². The molecule has 8 fully saturated rings. The van der Waals surface area contributed by atoms with E-state index in [2.05, 4.69) is 26.6 Å². The van der Waals surface area contributed by atoms with Crippen LogP contribution in [0.2, 0.25) is 0 Å². The Morgan fingerprint density at radius 3 is 0.952 bits per heavy atom. The van der Waals surface area contributed by atoms with Crippen LogP contribution in [-0.4, -0.2) is 435 Å². The molecule has 0 saturated carbocycles. The summed E-state index contributed by atoms with van der Waals surface area (Å²) in [5.74, 6) is -4.13. The molecule has 600 valence electrons. The van der Waals surface area contributed by atoms with E-state index in [0.717, 1.165) is 34.6 Å². The zero-order valence-electron chi connectivity index (χ0n) is 56.3. The van der Waals surface area contributed by atoms with Crippen molar-refractivity contribution in [1.29, 1.82) is 0 Å². The third-order valence-corrected chi connectivity index (χ3v) is 18.6. The average Bonchev–Trinajstić information content (AvgIpc) is 0.775. The molecular formula is C58H97N5O41. The van der Waals surface area contributed by atoms with Crippen molar-refractivity contribution >= 4 is 29.5 Å². The first-order chi connectivity index (χ1) is 49.1. The molecule has 40 atom stereocenters. The fourth-order valence-corrected chi connectivity index (χ4v) is 13.3. The lowest BCUT2D eigenvalue weighted by atomic mass is 9.93. The minimum Gasteiger partial charge on any atom is -0.394 e. The second-order valence-corrected chi connectivity index (χ2v) is 26.1. The molecule has 8 saturated heterocycles. The lowest BCUT2D eigenvalue weighted by Gasteiger charge is -2.50. The molecule has 8 aliphatic rings. The molecule has 104 heavy (non-hydrogen) atoms.